The lowest BCUT2D eigenvalue weighted by Crippen LogP contribution is -2.59. The molecule has 4 atom stereocenters. The van der Waals surface area contributed by atoms with Crippen LogP contribution in [0.4, 0.5) is 17.5 Å². The lowest BCUT2D eigenvalue weighted by Gasteiger charge is -2.47. The van der Waals surface area contributed by atoms with Gasteiger partial charge in [-0.15, -0.1) is 0 Å². The number of hydrogen-bond donors (Lipinski definition) is 0. The molecule has 1 saturated heterocycles. The maximum Gasteiger partial charge on any atom is 0.227 e. The normalized spacial score (nSPS) is 28.2. The van der Waals surface area contributed by atoms with Gasteiger partial charge in [0.2, 0.25) is 5.91 Å². The Labute approximate surface area is 205 Å². The Morgan fingerprint density at radius 2 is 1.91 bits per heavy atom. The second-order valence-corrected chi connectivity index (χ2v) is 10.5. The van der Waals surface area contributed by atoms with Crippen LogP contribution in [0.3, 0.4) is 0 Å². The Bertz CT molecular complexity index is 1270. The largest absolute Gasteiger partial charge is 0.350 e. The van der Waals surface area contributed by atoms with E-state index >= 15 is 0 Å². The fourth-order valence-electron chi connectivity index (χ4n) is 6.11. The molecule has 2 aliphatic carbocycles. The summed E-state index contributed by atoms with van der Waals surface area (Å²) >= 11 is 0. The van der Waals surface area contributed by atoms with Gasteiger partial charge in [-0.05, 0) is 45.2 Å². The van der Waals surface area contributed by atoms with Gasteiger partial charge < -0.3 is 14.7 Å². The lowest BCUT2D eigenvalue weighted by atomic mass is 9.66. The zero-order valence-electron chi connectivity index (χ0n) is 20.1. The Morgan fingerprint density at radius 3 is 2.60 bits per heavy atom. The summed E-state index contributed by atoms with van der Waals surface area (Å²) in [7, 11) is 0. The molecule has 6 rings (SSSR count). The summed E-state index contributed by atoms with van der Waals surface area (Å²) in [5.74, 6) is 2.45. The number of carbonyl (C=O) groups is 1. The molecule has 2 aromatic heterocycles. The van der Waals surface area contributed by atoms with Crippen LogP contribution >= 0.6 is 0 Å². The van der Waals surface area contributed by atoms with Gasteiger partial charge in [0.1, 0.15) is 23.8 Å². The van der Waals surface area contributed by atoms with Gasteiger partial charge in [-0.2, -0.15) is 10.5 Å². The van der Waals surface area contributed by atoms with E-state index in [2.05, 4.69) is 40.8 Å². The number of aromatic nitrogens is 3. The number of carbonyl (C=O) groups excluding carboxylic acids is 1. The van der Waals surface area contributed by atoms with Gasteiger partial charge in [-0.3, -0.25) is 4.79 Å². The molecule has 4 aliphatic rings. The predicted molar refractivity (Wildman–Crippen MR) is 129 cm³/mol. The summed E-state index contributed by atoms with van der Waals surface area (Å²) in [6, 6.07) is 8.13. The van der Waals surface area contributed by atoms with Gasteiger partial charge in [0.25, 0.3) is 0 Å². The maximum atomic E-state index is 13.0. The number of nitrogens with zero attached hydrogens (tertiary/aromatic N) is 8. The average molecular weight is 469 g/mol. The van der Waals surface area contributed by atoms with Crippen molar-refractivity contribution in [3.05, 3.63) is 35.8 Å². The van der Waals surface area contributed by atoms with E-state index < -0.39 is 0 Å². The molecule has 1 amide bonds. The fraction of sp³-hybridized carbons (Fsp3) is 0.538. The van der Waals surface area contributed by atoms with Gasteiger partial charge >= 0.3 is 0 Å². The Balaban J connectivity index is 1.33. The minimum atomic E-state index is -0.132. The standard InChI is InChI=1S/C26H28N8O/c1-16-13-33(25(35)20-9-19(20)11-28)17(2)12-32(16)23-22-24(31-15-30-23)34(14-26(22)5-3-6-26)21-8-18(10-27)4-7-29-21/h4,7-8,15-17,19-20H,3,5-6,9,12-14H2,1-2H3/t16-,17+,19?,20-/m0/s1. The van der Waals surface area contributed by atoms with Crippen LogP contribution in [0.1, 0.15) is 50.7 Å². The molecule has 35 heavy (non-hydrogen) atoms. The van der Waals surface area contributed by atoms with Crippen LogP contribution in [-0.4, -0.2) is 57.5 Å². The number of amides is 1. The van der Waals surface area contributed by atoms with E-state index in [1.54, 1.807) is 18.6 Å². The van der Waals surface area contributed by atoms with E-state index in [1.165, 1.54) is 12.0 Å². The molecule has 9 heteroatoms. The third kappa shape index (κ3) is 3.33. The Morgan fingerprint density at radius 1 is 1.11 bits per heavy atom. The van der Waals surface area contributed by atoms with E-state index in [9.17, 15) is 10.1 Å². The molecule has 2 aromatic rings. The highest BCUT2D eigenvalue weighted by Gasteiger charge is 2.52. The monoisotopic (exact) mass is 468 g/mol. The number of anilines is 3. The van der Waals surface area contributed by atoms with Crippen LogP contribution in [0.15, 0.2) is 24.7 Å². The quantitative estimate of drug-likeness (QED) is 0.676. The van der Waals surface area contributed by atoms with E-state index in [4.69, 9.17) is 15.2 Å². The number of fused-ring (bicyclic) bond motifs is 2. The smallest absolute Gasteiger partial charge is 0.227 e. The third-order valence-corrected chi connectivity index (χ3v) is 8.33. The highest BCUT2D eigenvalue weighted by molar-refractivity contribution is 5.83. The van der Waals surface area contributed by atoms with Crippen LogP contribution in [0, 0.1) is 34.5 Å². The summed E-state index contributed by atoms with van der Waals surface area (Å²) in [5, 5.41) is 18.5. The van der Waals surface area contributed by atoms with Crippen LogP contribution in [0.25, 0.3) is 0 Å². The highest BCUT2D eigenvalue weighted by atomic mass is 16.2. The molecule has 4 heterocycles. The maximum absolute atomic E-state index is 13.0. The van der Waals surface area contributed by atoms with Crippen molar-refractivity contribution in [1.29, 1.82) is 10.5 Å². The molecular weight excluding hydrogens is 440 g/mol. The summed E-state index contributed by atoms with van der Waals surface area (Å²) in [6.45, 7) is 6.34. The molecule has 1 spiro atoms. The molecule has 0 radical (unpaired) electrons. The molecule has 178 valence electrons. The van der Waals surface area contributed by atoms with E-state index in [1.807, 2.05) is 11.0 Å². The number of hydrogen-bond acceptors (Lipinski definition) is 8. The summed E-state index contributed by atoms with van der Waals surface area (Å²) in [4.78, 5) is 33.5. The number of rotatable bonds is 3. The van der Waals surface area contributed by atoms with Crippen LogP contribution in [-0.2, 0) is 10.2 Å². The number of pyridine rings is 1. The SMILES string of the molecule is C[C@@H]1CN(c2ncnc3c2C2(CCC2)CN3c2cc(C#N)ccn2)[C@@H](C)CN1C(=O)[C@H]1CC1C#N. The molecule has 9 nitrogen and oxygen atoms in total. The minimum Gasteiger partial charge on any atom is -0.350 e. The van der Waals surface area contributed by atoms with E-state index in [0.29, 0.717) is 25.1 Å². The summed E-state index contributed by atoms with van der Waals surface area (Å²) < 4.78 is 0. The second kappa shape index (κ2) is 7.91. The third-order valence-electron chi connectivity index (χ3n) is 8.33. The van der Waals surface area contributed by atoms with Crippen molar-refractivity contribution in [1.82, 2.24) is 19.9 Å². The molecule has 3 fully saturated rings. The van der Waals surface area contributed by atoms with Crippen LogP contribution in [0.5, 0.6) is 0 Å². The zero-order chi connectivity index (χ0) is 24.3. The molecule has 1 unspecified atom stereocenters. The van der Waals surface area contributed by atoms with Crippen molar-refractivity contribution < 1.29 is 4.79 Å². The fourth-order valence-corrected chi connectivity index (χ4v) is 6.11. The van der Waals surface area contributed by atoms with Crippen molar-refractivity contribution in [2.24, 2.45) is 11.8 Å². The predicted octanol–water partition coefficient (Wildman–Crippen LogP) is 2.90. The van der Waals surface area contributed by atoms with E-state index in [-0.39, 0.29) is 35.2 Å². The van der Waals surface area contributed by atoms with Gasteiger partial charge in [-0.1, -0.05) is 6.42 Å². The molecular formula is C26H28N8O. The molecule has 0 N–H and O–H groups in total. The number of piperazine rings is 1. The molecule has 2 saturated carbocycles. The first-order valence-electron chi connectivity index (χ1n) is 12.4. The van der Waals surface area contributed by atoms with Crippen LogP contribution in [0.2, 0.25) is 0 Å². The topological polar surface area (TPSA) is 113 Å². The molecule has 0 aromatic carbocycles. The first-order chi connectivity index (χ1) is 17.0. The second-order valence-electron chi connectivity index (χ2n) is 10.5. The van der Waals surface area contributed by atoms with Crippen molar-refractivity contribution in [2.45, 2.75) is 57.0 Å². The zero-order valence-corrected chi connectivity index (χ0v) is 20.1. The first kappa shape index (κ1) is 21.8. The van der Waals surface area contributed by atoms with Crippen LogP contribution < -0.4 is 9.80 Å². The highest BCUT2D eigenvalue weighted by Crippen LogP contribution is 2.56. The Hall–Kier alpha value is -3.72. The van der Waals surface area contributed by atoms with Crippen molar-refractivity contribution >= 4 is 23.4 Å². The molecule has 0 bridgehead atoms. The van der Waals surface area contributed by atoms with Gasteiger partial charge in [0, 0.05) is 48.9 Å². The number of nitriles is 2. The van der Waals surface area contributed by atoms with Gasteiger partial charge in [0.15, 0.2) is 0 Å². The first-order valence-corrected chi connectivity index (χ1v) is 12.4. The van der Waals surface area contributed by atoms with Gasteiger partial charge in [0.05, 0.1) is 29.5 Å². The Kier molecular flexibility index (Phi) is 4.93. The minimum absolute atomic E-state index is 0.0137. The van der Waals surface area contributed by atoms with E-state index in [0.717, 1.165) is 36.8 Å². The lowest BCUT2D eigenvalue weighted by molar-refractivity contribution is -0.135. The molecule has 2 aliphatic heterocycles. The van der Waals surface area contributed by atoms with Gasteiger partial charge in [-0.25, -0.2) is 15.0 Å². The van der Waals surface area contributed by atoms with Crippen molar-refractivity contribution in [2.75, 3.05) is 29.4 Å². The summed E-state index contributed by atoms with van der Waals surface area (Å²) in [6.07, 6.45) is 7.32. The summed E-state index contributed by atoms with van der Waals surface area (Å²) in [5.41, 5.74) is 1.75. The average Bonchev–Trinajstić information content (AvgIpc) is 3.56. The van der Waals surface area contributed by atoms with Crippen molar-refractivity contribution in [3.8, 4) is 12.1 Å². The van der Waals surface area contributed by atoms with Crippen molar-refractivity contribution in [3.63, 3.8) is 0 Å².